The van der Waals surface area contributed by atoms with E-state index in [2.05, 4.69) is 5.32 Å². The molecule has 2 heterocycles. The number of fused-ring (bicyclic) bond motifs is 1. The number of hydrogen-bond acceptors (Lipinski definition) is 4. The van der Waals surface area contributed by atoms with Crippen LogP contribution in [0.5, 0.6) is 5.75 Å². The maximum absolute atomic E-state index is 12.5. The molecule has 1 atom stereocenters. The Morgan fingerprint density at radius 2 is 2.21 bits per heavy atom. The molecule has 1 N–H and O–H groups in total. The van der Waals surface area contributed by atoms with Crippen molar-refractivity contribution in [1.29, 1.82) is 0 Å². The molecular weight excluding hydrogens is 332 g/mol. The lowest BCUT2D eigenvalue weighted by Gasteiger charge is -2.33. The summed E-state index contributed by atoms with van der Waals surface area (Å²) in [6.07, 6.45) is 1.49. The fourth-order valence-electron chi connectivity index (χ4n) is 2.56. The number of carbonyl (C=O) groups excluding carboxylic acids is 2. The summed E-state index contributed by atoms with van der Waals surface area (Å²) in [6, 6.07) is 8.40. The summed E-state index contributed by atoms with van der Waals surface area (Å²) in [6.45, 7) is 2.56. The largest absolute Gasteiger partial charge is 0.487 e. The van der Waals surface area contributed by atoms with Crippen LogP contribution in [0.4, 0.5) is 5.69 Å². The third-order valence-electron chi connectivity index (χ3n) is 3.65. The summed E-state index contributed by atoms with van der Waals surface area (Å²) >= 11 is 6.03. The average molecular weight is 349 g/mol. The Kier molecular flexibility index (Phi) is 4.76. The number of furan rings is 1. The maximum atomic E-state index is 12.5. The molecule has 3 rings (SSSR count). The van der Waals surface area contributed by atoms with E-state index < -0.39 is 0 Å². The third-order valence-corrected chi connectivity index (χ3v) is 3.89. The van der Waals surface area contributed by atoms with Crippen LogP contribution in [0.3, 0.4) is 0 Å². The third kappa shape index (κ3) is 3.54. The molecule has 2 aromatic rings. The minimum atomic E-state index is -0.341. The van der Waals surface area contributed by atoms with Gasteiger partial charge in [-0.2, -0.15) is 0 Å². The molecule has 2 amide bonds. The van der Waals surface area contributed by atoms with E-state index in [4.69, 9.17) is 20.8 Å². The Labute approximate surface area is 144 Å². The highest BCUT2D eigenvalue weighted by molar-refractivity contribution is 6.31. The van der Waals surface area contributed by atoms with Crippen molar-refractivity contribution in [3.63, 3.8) is 0 Å². The van der Waals surface area contributed by atoms with Gasteiger partial charge in [0.15, 0.2) is 5.76 Å². The molecule has 0 saturated heterocycles. The molecule has 1 aromatic carbocycles. The highest BCUT2D eigenvalue weighted by atomic mass is 35.5. The van der Waals surface area contributed by atoms with E-state index in [1.165, 1.54) is 6.26 Å². The Morgan fingerprint density at radius 3 is 2.96 bits per heavy atom. The average Bonchev–Trinajstić information content (AvgIpc) is 3.09. The van der Waals surface area contributed by atoms with Gasteiger partial charge in [0, 0.05) is 18.0 Å². The number of rotatable bonds is 4. The van der Waals surface area contributed by atoms with Crippen LogP contribution in [0.25, 0.3) is 0 Å². The first-order valence-electron chi connectivity index (χ1n) is 7.63. The van der Waals surface area contributed by atoms with Crippen LogP contribution in [-0.2, 0) is 4.79 Å². The molecule has 0 aliphatic carbocycles. The zero-order valence-electron chi connectivity index (χ0n) is 13.1. The normalized spacial score (nSPS) is 16.2. The van der Waals surface area contributed by atoms with E-state index >= 15 is 0 Å². The van der Waals surface area contributed by atoms with Gasteiger partial charge in [0.2, 0.25) is 5.91 Å². The highest BCUT2D eigenvalue weighted by Crippen LogP contribution is 2.35. The van der Waals surface area contributed by atoms with Gasteiger partial charge in [0.05, 0.1) is 18.5 Å². The number of carbonyl (C=O) groups is 2. The van der Waals surface area contributed by atoms with Crippen molar-refractivity contribution in [3.05, 3.63) is 47.4 Å². The van der Waals surface area contributed by atoms with Gasteiger partial charge < -0.3 is 19.4 Å². The fourth-order valence-corrected chi connectivity index (χ4v) is 2.73. The Morgan fingerprint density at radius 1 is 1.38 bits per heavy atom. The molecule has 0 radical (unpaired) electrons. The molecule has 126 valence electrons. The van der Waals surface area contributed by atoms with Crippen LogP contribution in [0.2, 0.25) is 5.02 Å². The minimum absolute atomic E-state index is 0.103. The highest BCUT2D eigenvalue weighted by Gasteiger charge is 2.27. The van der Waals surface area contributed by atoms with Crippen molar-refractivity contribution in [2.75, 3.05) is 18.0 Å². The Hall–Kier alpha value is -2.47. The predicted octanol–water partition coefficient (Wildman–Crippen LogP) is 2.87. The molecule has 1 aliphatic heterocycles. The van der Waals surface area contributed by atoms with Crippen LogP contribution >= 0.6 is 11.6 Å². The van der Waals surface area contributed by atoms with Gasteiger partial charge in [-0.1, -0.05) is 11.6 Å². The number of amides is 2. The number of anilines is 1. The fraction of sp³-hybridized carbons (Fsp3) is 0.294. The number of hydrogen-bond donors (Lipinski definition) is 1. The first-order valence-corrected chi connectivity index (χ1v) is 8.00. The molecule has 24 heavy (non-hydrogen) atoms. The second-order valence-corrected chi connectivity index (χ2v) is 5.96. The maximum Gasteiger partial charge on any atom is 0.286 e. The summed E-state index contributed by atoms with van der Waals surface area (Å²) < 4.78 is 10.7. The quantitative estimate of drug-likeness (QED) is 0.922. The van der Waals surface area contributed by atoms with Crippen LogP contribution < -0.4 is 15.0 Å². The second kappa shape index (κ2) is 6.97. The van der Waals surface area contributed by atoms with Crippen LogP contribution in [-0.4, -0.2) is 31.0 Å². The molecule has 0 bridgehead atoms. The summed E-state index contributed by atoms with van der Waals surface area (Å²) in [5, 5.41) is 3.20. The lowest BCUT2D eigenvalue weighted by atomic mass is 10.2. The number of halogens is 1. The van der Waals surface area contributed by atoms with Crippen LogP contribution in [0.15, 0.2) is 41.0 Å². The van der Waals surface area contributed by atoms with Crippen molar-refractivity contribution >= 4 is 29.1 Å². The topological polar surface area (TPSA) is 71.8 Å². The Bertz CT molecular complexity index is 745. The zero-order chi connectivity index (χ0) is 17.1. The first kappa shape index (κ1) is 16.4. The van der Waals surface area contributed by atoms with E-state index in [9.17, 15) is 9.59 Å². The summed E-state index contributed by atoms with van der Waals surface area (Å²) in [5.74, 6) is 0.408. The van der Waals surface area contributed by atoms with E-state index in [0.29, 0.717) is 23.0 Å². The molecule has 1 aromatic heterocycles. The van der Waals surface area contributed by atoms with Crippen LogP contribution in [0.1, 0.15) is 23.9 Å². The van der Waals surface area contributed by atoms with Gasteiger partial charge in [-0.3, -0.25) is 9.59 Å². The van der Waals surface area contributed by atoms with Gasteiger partial charge in [-0.25, -0.2) is 0 Å². The van der Waals surface area contributed by atoms with Crippen molar-refractivity contribution in [1.82, 2.24) is 5.32 Å². The predicted molar refractivity (Wildman–Crippen MR) is 89.6 cm³/mol. The molecule has 0 spiro atoms. The summed E-state index contributed by atoms with van der Waals surface area (Å²) in [7, 11) is 0. The minimum Gasteiger partial charge on any atom is -0.487 e. The zero-order valence-corrected chi connectivity index (χ0v) is 13.9. The van der Waals surface area contributed by atoms with Crippen LogP contribution in [0, 0.1) is 0 Å². The van der Waals surface area contributed by atoms with E-state index in [1.807, 2.05) is 6.92 Å². The monoisotopic (exact) mass is 348 g/mol. The lowest BCUT2D eigenvalue weighted by Crippen LogP contribution is -2.43. The van der Waals surface area contributed by atoms with Crippen molar-refractivity contribution in [2.45, 2.75) is 19.4 Å². The first-order chi connectivity index (χ1) is 11.5. The lowest BCUT2D eigenvalue weighted by molar-refractivity contribution is -0.119. The number of nitrogens with zero attached hydrogens (tertiary/aromatic N) is 1. The second-order valence-electron chi connectivity index (χ2n) is 5.53. The van der Waals surface area contributed by atoms with Crippen molar-refractivity contribution < 1.29 is 18.7 Å². The molecule has 1 aliphatic rings. The van der Waals surface area contributed by atoms with Gasteiger partial charge in [-0.15, -0.1) is 0 Å². The SMILES string of the molecule is CC1CN(C(=O)CCNC(=O)c2ccco2)c2cc(Cl)ccc2O1. The number of benzene rings is 1. The van der Waals surface area contributed by atoms with Gasteiger partial charge in [0.25, 0.3) is 5.91 Å². The summed E-state index contributed by atoms with van der Waals surface area (Å²) in [5.41, 5.74) is 0.656. The molecule has 1 unspecified atom stereocenters. The molecule has 7 heteroatoms. The van der Waals surface area contributed by atoms with E-state index in [1.54, 1.807) is 35.2 Å². The van der Waals surface area contributed by atoms with Crippen molar-refractivity contribution in [2.24, 2.45) is 0 Å². The summed E-state index contributed by atoms with van der Waals surface area (Å²) in [4.78, 5) is 26.0. The van der Waals surface area contributed by atoms with E-state index in [0.717, 1.165) is 0 Å². The smallest absolute Gasteiger partial charge is 0.286 e. The molecule has 0 fully saturated rings. The van der Waals surface area contributed by atoms with Crippen molar-refractivity contribution in [3.8, 4) is 5.75 Å². The number of nitrogens with one attached hydrogen (secondary N) is 1. The standard InChI is InChI=1S/C17H17ClN2O4/c1-11-10-20(13-9-12(18)4-5-14(13)24-11)16(21)6-7-19-17(22)15-3-2-8-23-15/h2-5,8-9,11H,6-7,10H2,1H3,(H,19,22). The van der Waals surface area contributed by atoms with Gasteiger partial charge in [0.1, 0.15) is 11.9 Å². The van der Waals surface area contributed by atoms with Gasteiger partial charge >= 0.3 is 0 Å². The molecule has 6 nitrogen and oxygen atoms in total. The number of ether oxygens (including phenoxy) is 1. The Balaban J connectivity index is 1.63. The van der Waals surface area contributed by atoms with E-state index in [-0.39, 0.29) is 36.6 Å². The van der Waals surface area contributed by atoms with Gasteiger partial charge in [-0.05, 0) is 37.3 Å². The molecule has 0 saturated carbocycles. The molecular formula is C17H17ClN2O4.